The van der Waals surface area contributed by atoms with E-state index < -0.39 is 0 Å². The maximum absolute atomic E-state index is 13.1. The molecule has 1 saturated carbocycles. The summed E-state index contributed by atoms with van der Waals surface area (Å²) in [7, 11) is 3.99. The fourth-order valence-electron chi connectivity index (χ4n) is 4.28. The van der Waals surface area contributed by atoms with E-state index in [0.717, 1.165) is 53.0 Å². The van der Waals surface area contributed by atoms with Crippen LogP contribution in [0.2, 0.25) is 0 Å². The van der Waals surface area contributed by atoms with Gasteiger partial charge in [-0.05, 0) is 74.4 Å². The summed E-state index contributed by atoms with van der Waals surface area (Å²) in [5.74, 6) is 3.43. The highest BCUT2D eigenvalue weighted by molar-refractivity contribution is 5.89. The first kappa shape index (κ1) is 24.1. The van der Waals surface area contributed by atoms with Crippen LogP contribution in [-0.2, 0) is 6.54 Å². The molecule has 3 aromatic rings. The molecule has 172 valence electrons. The molecule has 0 spiro atoms. The molecule has 1 heterocycles. The lowest BCUT2D eigenvalue weighted by Gasteiger charge is -2.26. The van der Waals surface area contributed by atoms with Gasteiger partial charge >= 0.3 is 0 Å². The van der Waals surface area contributed by atoms with Crippen LogP contribution in [0.1, 0.15) is 49.6 Å². The number of aromatic nitrogens is 2. The van der Waals surface area contributed by atoms with Gasteiger partial charge in [-0.2, -0.15) is 0 Å². The molecule has 1 aliphatic rings. The Morgan fingerprint density at radius 2 is 1.72 bits per heavy atom. The van der Waals surface area contributed by atoms with Crippen LogP contribution in [0.4, 0.5) is 10.2 Å². The van der Waals surface area contributed by atoms with Crippen molar-refractivity contribution in [2.75, 3.05) is 25.5 Å². The average Bonchev–Trinajstić information content (AvgIpc) is 2.77. The second kappa shape index (κ2) is 11.4. The van der Waals surface area contributed by atoms with Crippen LogP contribution in [0.25, 0.3) is 10.9 Å². The average molecular weight is 437 g/mol. The molecule has 1 fully saturated rings. The van der Waals surface area contributed by atoms with Crippen molar-refractivity contribution in [3.8, 4) is 0 Å². The monoisotopic (exact) mass is 436 g/mol. The first-order chi connectivity index (χ1) is 15.3. The van der Waals surface area contributed by atoms with Gasteiger partial charge in [0.05, 0.1) is 5.52 Å². The van der Waals surface area contributed by atoms with Gasteiger partial charge in [-0.3, -0.25) is 0 Å². The number of rotatable bonds is 5. The summed E-state index contributed by atoms with van der Waals surface area (Å²) in [5, 5.41) is 4.61. The Kier molecular flexibility index (Phi) is 8.57. The predicted molar refractivity (Wildman–Crippen MR) is 133 cm³/mol. The summed E-state index contributed by atoms with van der Waals surface area (Å²) >= 11 is 0. The van der Waals surface area contributed by atoms with Gasteiger partial charge in [-0.25, -0.2) is 14.4 Å². The predicted octanol–water partition coefficient (Wildman–Crippen LogP) is 6.05. The van der Waals surface area contributed by atoms with E-state index in [9.17, 15) is 4.39 Å². The minimum atomic E-state index is -0.111. The molecular formula is C27H37FN4. The number of nitrogens with zero attached hydrogens (tertiary/aromatic N) is 3. The van der Waals surface area contributed by atoms with E-state index in [1.807, 2.05) is 69.2 Å². The number of fused-ring (bicyclic) bond motifs is 1. The maximum atomic E-state index is 13.1. The molecule has 0 unspecified atom stereocenters. The van der Waals surface area contributed by atoms with Crippen LogP contribution in [0, 0.1) is 31.5 Å². The molecule has 2 aromatic carbocycles. The molecule has 4 nitrogen and oxygen atoms in total. The highest BCUT2D eigenvalue weighted by Gasteiger charge is 2.17. The van der Waals surface area contributed by atoms with Gasteiger partial charge < -0.3 is 10.2 Å². The number of nitrogens with one attached hydrogen (secondary N) is 1. The zero-order valence-electron chi connectivity index (χ0n) is 20.2. The molecule has 4 rings (SSSR count). The van der Waals surface area contributed by atoms with Gasteiger partial charge in [0.15, 0.2) is 0 Å². The number of aryl methyl sites for hydroxylation is 2. The Labute approximate surface area is 192 Å². The molecule has 1 aliphatic carbocycles. The number of halogens is 1. The molecular weight excluding hydrogens is 399 g/mol. The molecule has 1 N–H and O–H groups in total. The fourth-order valence-corrected chi connectivity index (χ4v) is 4.28. The van der Waals surface area contributed by atoms with Gasteiger partial charge in [0.25, 0.3) is 0 Å². The van der Waals surface area contributed by atoms with Crippen LogP contribution in [0.15, 0.2) is 42.5 Å². The number of para-hydroxylation sites is 1. The van der Waals surface area contributed by atoms with Gasteiger partial charge in [0, 0.05) is 26.0 Å². The lowest BCUT2D eigenvalue weighted by atomic mass is 9.83. The van der Waals surface area contributed by atoms with Crippen LogP contribution in [0.5, 0.6) is 0 Å². The molecule has 1 aromatic heterocycles. The quantitative estimate of drug-likeness (QED) is 0.528. The third kappa shape index (κ3) is 6.73. The Morgan fingerprint density at radius 1 is 1.00 bits per heavy atom. The molecule has 0 atom stereocenters. The molecule has 0 radical (unpaired) electrons. The summed E-state index contributed by atoms with van der Waals surface area (Å²) in [5.41, 5.74) is 2.92. The van der Waals surface area contributed by atoms with Crippen LogP contribution >= 0.6 is 0 Å². The third-order valence-electron chi connectivity index (χ3n) is 6.24. The maximum Gasteiger partial charge on any atom is 0.139 e. The van der Waals surface area contributed by atoms with Crippen LogP contribution in [0.3, 0.4) is 0 Å². The zero-order valence-corrected chi connectivity index (χ0v) is 20.2. The van der Waals surface area contributed by atoms with Gasteiger partial charge in [-0.1, -0.05) is 44.0 Å². The largest absolute Gasteiger partial charge is 0.362 e. The first-order valence-corrected chi connectivity index (χ1v) is 11.7. The zero-order chi connectivity index (χ0) is 23.1. The van der Waals surface area contributed by atoms with Gasteiger partial charge in [-0.15, -0.1) is 0 Å². The molecule has 0 amide bonds. The summed E-state index contributed by atoms with van der Waals surface area (Å²) in [4.78, 5) is 10.8. The Bertz CT molecular complexity index is 1010. The second-order valence-corrected chi connectivity index (χ2v) is 9.35. The summed E-state index contributed by atoms with van der Waals surface area (Å²) in [6.07, 6.45) is 5.47. The Balaban J connectivity index is 0.000000186. The van der Waals surface area contributed by atoms with Crippen LogP contribution < -0.4 is 10.2 Å². The van der Waals surface area contributed by atoms with E-state index in [-0.39, 0.29) is 5.82 Å². The highest BCUT2D eigenvalue weighted by Crippen LogP contribution is 2.27. The smallest absolute Gasteiger partial charge is 0.139 e. The fraction of sp³-hybridized carbons (Fsp3) is 0.481. The first-order valence-electron chi connectivity index (χ1n) is 11.7. The number of hydrogen-bond donors (Lipinski definition) is 1. The number of anilines is 1. The van der Waals surface area contributed by atoms with Crippen molar-refractivity contribution >= 4 is 16.7 Å². The summed E-state index contributed by atoms with van der Waals surface area (Å²) < 4.78 is 13.1. The van der Waals surface area contributed by atoms with E-state index in [0.29, 0.717) is 0 Å². The number of benzene rings is 2. The normalized spacial score (nSPS) is 18.2. The van der Waals surface area contributed by atoms with Crippen molar-refractivity contribution in [1.82, 2.24) is 15.3 Å². The van der Waals surface area contributed by atoms with E-state index in [1.54, 1.807) is 6.07 Å². The van der Waals surface area contributed by atoms with E-state index in [1.165, 1.54) is 31.2 Å². The summed E-state index contributed by atoms with van der Waals surface area (Å²) in [6.45, 7) is 8.04. The topological polar surface area (TPSA) is 41.1 Å². The van der Waals surface area contributed by atoms with Gasteiger partial charge in [0.1, 0.15) is 17.5 Å². The molecule has 0 aliphatic heterocycles. The Hall–Kier alpha value is -2.53. The van der Waals surface area contributed by atoms with Crippen LogP contribution in [-0.4, -0.2) is 30.6 Å². The molecule has 5 heteroatoms. The van der Waals surface area contributed by atoms with Crippen molar-refractivity contribution in [3.63, 3.8) is 0 Å². The number of hydrogen-bond acceptors (Lipinski definition) is 4. The van der Waals surface area contributed by atoms with E-state index >= 15 is 0 Å². The summed E-state index contributed by atoms with van der Waals surface area (Å²) in [6, 6.07) is 13.4. The third-order valence-corrected chi connectivity index (χ3v) is 6.24. The highest BCUT2D eigenvalue weighted by atomic mass is 19.1. The lowest BCUT2D eigenvalue weighted by Crippen LogP contribution is -2.25. The Morgan fingerprint density at radius 3 is 2.41 bits per heavy atom. The van der Waals surface area contributed by atoms with Crippen molar-refractivity contribution in [2.45, 2.75) is 53.0 Å². The van der Waals surface area contributed by atoms with E-state index in [2.05, 4.69) is 22.2 Å². The van der Waals surface area contributed by atoms with E-state index in [4.69, 9.17) is 0 Å². The minimum absolute atomic E-state index is 0.111. The molecule has 0 bridgehead atoms. The molecule has 0 saturated heterocycles. The standard InChI is InChI=1S/C16H24FN.C11H13N3/c1-12-3-5-14(6-4-12)10-18-11-15-7-8-16(17)13(2)9-15;1-8-12-10-7-5-4-6-9(10)11(13-8)14(2)3/h7-9,12,14,18H,3-6,10-11H2,1-2H3;4-7H,1-3H3. The second-order valence-electron chi connectivity index (χ2n) is 9.35. The lowest BCUT2D eigenvalue weighted by molar-refractivity contribution is 0.281. The van der Waals surface area contributed by atoms with Crippen molar-refractivity contribution in [1.29, 1.82) is 0 Å². The van der Waals surface area contributed by atoms with Gasteiger partial charge in [0.2, 0.25) is 0 Å². The molecule has 32 heavy (non-hydrogen) atoms. The van der Waals surface area contributed by atoms with Crippen molar-refractivity contribution in [3.05, 3.63) is 65.2 Å². The van der Waals surface area contributed by atoms with Crippen molar-refractivity contribution in [2.24, 2.45) is 11.8 Å². The SMILES string of the molecule is Cc1cc(CNCC2CCC(C)CC2)ccc1F.Cc1nc(N(C)C)c2ccccc2n1. The minimum Gasteiger partial charge on any atom is -0.362 e. The van der Waals surface area contributed by atoms with Crippen molar-refractivity contribution < 1.29 is 4.39 Å².